The average Bonchev–Trinajstić information content (AvgIpc) is 2.48. The second kappa shape index (κ2) is 7.43. The fraction of sp³-hybridized carbons (Fsp3) is 0.562. The number of rotatable bonds is 5. The van der Waals surface area contributed by atoms with E-state index in [9.17, 15) is 4.79 Å². The summed E-state index contributed by atoms with van der Waals surface area (Å²) < 4.78 is 11.0. The zero-order chi connectivity index (χ0) is 15.2. The van der Waals surface area contributed by atoms with E-state index in [0.29, 0.717) is 11.4 Å². The highest BCUT2D eigenvalue weighted by molar-refractivity contribution is 5.94. The van der Waals surface area contributed by atoms with E-state index >= 15 is 0 Å². The number of nitrogens with one attached hydrogen (secondary N) is 1. The molecule has 1 amide bonds. The lowest BCUT2D eigenvalue weighted by atomic mass is 9.95. The topological polar surface area (TPSA) is 73.6 Å². The summed E-state index contributed by atoms with van der Waals surface area (Å²) in [4.78, 5) is 11.9. The third-order valence-corrected chi connectivity index (χ3v) is 3.84. The molecule has 2 unspecified atom stereocenters. The van der Waals surface area contributed by atoms with Crippen LogP contribution in [-0.4, -0.2) is 31.8 Å². The molecule has 0 radical (unpaired) electrons. The summed E-state index contributed by atoms with van der Waals surface area (Å²) in [5.41, 5.74) is 8.14. The molecule has 116 valence electrons. The molecule has 0 bridgehead atoms. The molecule has 21 heavy (non-hydrogen) atoms. The molecule has 1 aromatic carbocycles. The highest BCUT2D eigenvalue weighted by Crippen LogP contribution is 2.23. The van der Waals surface area contributed by atoms with Crippen molar-refractivity contribution in [2.45, 2.75) is 44.8 Å². The van der Waals surface area contributed by atoms with Gasteiger partial charge in [0.15, 0.2) is 0 Å². The van der Waals surface area contributed by atoms with Gasteiger partial charge in [-0.25, -0.2) is 0 Å². The normalized spacial score (nSPS) is 22.0. The number of anilines is 2. The molecule has 0 spiro atoms. The molecule has 1 aliphatic carbocycles. The standard InChI is InChI=1S/C16H24N2O3/c1-11-6-7-15(14(17)8-11)18-16(19)10-21-13-5-3-4-12(9-13)20-2/h6-8,12-13H,3-5,9-10,17H2,1-2H3,(H,18,19). The van der Waals surface area contributed by atoms with E-state index in [1.54, 1.807) is 7.11 Å². The molecule has 1 aliphatic rings. The highest BCUT2D eigenvalue weighted by atomic mass is 16.5. The Labute approximate surface area is 125 Å². The third kappa shape index (κ3) is 4.72. The molecule has 5 nitrogen and oxygen atoms in total. The fourth-order valence-electron chi connectivity index (χ4n) is 2.64. The quantitative estimate of drug-likeness (QED) is 0.818. The van der Waals surface area contributed by atoms with E-state index in [4.69, 9.17) is 15.2 Å². The average molecular weight is 292 g/mol. The first kappa shape index (κ1) is 15.8. The number of carbonyl (C=O) groups is 1. The number of amides is 1. The maximum Gasteiger partial charge on any atom is 0.250 e. The minimum Gasteiger partial charge on any atom is -0.397 e. The van der Waals surface area contributed by atoms with E-state index in [1.165, 1.54) is 0 Å². The maximum atomic E-state index is 11.9. The van der Waals surface area contributed by atoms with Crippen LogP contribution >= 0.6 is 0 Å². The summed E-state index contributed by atoms with van der Waals surface area (Å²) >= 11 is 0. The largest absolute Gasteiger partial charge is 0.397 e. The number of benzene rings is 1. The van der Waals surface area contributed by atoms with Gasteiger partial charge in [-0.15, -0.1) is 0 Å². The van der Waals surface area contributed by atoms with Gasteiger partial charge in [-0.3, -0.25) is 4.79 Å². The van der Waals surface area contributed by atoms with Crippen LogP contribution in [0.1, 0.15) is 31.2 Å². The van der Waals surface area contributed by atoms with Gasteiger partial charge in [-0.1, -0.05) is 6.07 Å². The number of nitrogens with two attached hydrogens (primary N) is 1. The van der Waals surface area contributed by atoms with Gasteiger partial charge in [0.2, 0.25) is 5.91 Å². The third-order valence-electron chi connectivity index (χ3n) is 3.84. The zero-order valence-electron chi connectivity index (χ0n) is 12.7. The van der Waals surface area contributed by atoms with Gasteiger partial charge in [0.05, 0.1) is 23.6 Å². The molecule has 0 aliphatic heterocycles. The minimum atomic E-state index is -0.176. The summed E-state index contributed by atoms with van der Waals surface area (Å²) in [5, 5.41) is 2.78. The maximum absolute atomic E-state index is 11.9. The van der Waals surface area contributed by atoms with E-state index in [2.05, 4.69) is 5.32 Å². The highest BCUT2D eigenvalue weighted by Gasteiger charge is 2.22. The van der Waals surface area contributed by atoms with E-state index in [-0.39, 0.29) is 24.7 Å². The van der Waals surface area contributed by atoms with Crippen LogP contribution < -0.4 is 11.1 Å². The van der Waals surface area contributed by atoms with Crippen molar-refractivity contribution in [1.29, 1.82) is 0 Å². The zero-order valence-corrected chi connectivity index (χ0v) is 12.7. The fourth-order valence-corrected chi connectivity index (χ4v) is 2.64. The smallest absolute Gasteiger partial charge is 0.250 e. The summed E-state index contributed by atoms with van der Waals surface area (Å²) in [6.45, 7) is 2.01. The molecule has 0 aromatic heterocycles. The molecule has 1 aromatic rings. The SMILES string of the molecule is COC1CCCC(OCC(=O)Nc2ccc(C)cc2N)C1. The van der Waals surface area contributed by atoms with E-state index < -0.39 is 0 Å². The van der Waals surface area contributed by atoms with Crippen LogP contribution in [0, 0.1) is 6.92 Å². The van der Waals surface area contributed by atoms with Crippen LogP contribution in [0.2, 0.25) is 0 Å². The van der Waals surface area contributed by atoms with Gasteiger partial charge in [0.25, 0.3) is 0 Å². The van der Waals surface area contributed by atoms with Crippen LogP contribution in [0.4, 0.5) is 11.4 Å². The molecule has 1 fully saturated rings. The van der Waals surface area contributed by atoms with E-state index in [0.717, 1.165) is 31.2 Å². The van der Waals surface area contributed by atoms with Crippen molar-refractivity contribution in [3.05, 3.63) is 23.8 Å². The van der Waals surface area contributed by atoms with Crippen molar-refractivity contribution in [2.75, 3.05) is 24.8 Å². The number of ether oxygens (including phenoxy) is 2. The second-order valence-corrected chi connectivity index (χ2v) is 5.60. The Morgan fingerprint density at radius 2 is 2.14 bits per heavy atom. The van der Waals surface area contributed by atoms with Gasteiger partial charge in [-0.2, -0.15) is 0 Å². The van der Waals surface area contributed by atoms with Crippen LogP contribution in [0.5, 0.6) is 0 Å². The number of aryl methyl sites for hydroxylation is 1. The lowest BCUT2D eigenvalue weighted by molar-refractivity contribution is -0.124. The molecule has 0 saturated heterocycles. The van der Waals surface area contributed by atoms with Gasteiger partial charge < -0.3 is 20.5 Å². The van der Waals surface area contributed by atoms with Crippen LogP contribution in [-0.2, 0) is 14.3 Å². The lowest BCUT2D eigenvalue weighted by Gasteiger charge is -2.28. The van der Waals surface area contributed by atoms with Gasteiger partial charge in [-0.05, 0) is 50.3 Å². The van der Waals surface area contributed by atoms with Crippen molar-refractivity contribution in [2.24, 2.45) is 0 Å². The Balaban J connectivity index is 1.79. The van der Waals surface area contributed by atoms with Crippen molar-refractivity contribution in [3.63, 3.8) is 0 Å². The number of nitrogen functional groups attached to an aromatic ring is 1. The van der Waals surface area contributed by atoms with E-state index in [1.807, 2.05) is 25.1 Å². The van der Waals surface area contributed by atoms with Crippen LogP contribution in [0.15, 0.2) is 18.2 Å². The number of methoxy groups -OCH3 is 1. The summed E-state index contributed by atoms with van der Waals surface area (Å²) in [7, 11) is 1.72. The van der Waals surface area contributed by atoms with Crippen LogP contribution in [0.3, 0.4) is 0 Å². The van der Waals surface area contributed by atoms with Crippen molar-refractivity contribution < 1.29 is 14.3 Å². The van der Waals surface area contributed by atoms with Crippen LogP contribution in [0.25, 0.3) is 0 Å². The molecule has 2 atom stereocenters. The Kier molecular flexibility index (Phi) is 5.59. The molecule has 2 rings (SSSR count). The first-order chi connectivity index (χ1) is 10.1. The molecule has 0 heterocycles. The number of carbonyl (C=O) groups excluding carboxylic acids is 1. The lowest BCUT2D eigenvalue weighted by Crippen LogP contribution is -2.30. The predicted molar refractivity (Wildman–Crippen MR) is 83.2 cm³/mol. The molecule has 1 saturated carbocycles. The molecule has 5 heteroatoms. The number of hydrogen-bond acceptors (Lipinski definition) is 4. The van der Waals surface area contributed by atoms with Crippen molar-refractivity contribution in [3.8, 4) is 0 Å². The summed E-state index contributed by atoms with van der Waals surface area (Å²) in [6, 6.07) is 5.56. The van der Waals surface area contributed by atoms with Crippen molar-refractivity contribution >= 4 is 17.3 Å². The Morgan fingerprint density at radius 3 is 2.86 bits per heavy atom. The number of hydrogen-bond donors (Lipinski definition) is 2. The van der Waals surface area contributed by atoms with Gasteiger partial charge >= 0.3 is 0 Å². The molecular formula is C16H24N2O3. The summed E-state index contributed by atoms with van der Waals surface area (Å²) in [6.07, 6.45) is 4.35. The Morgan fingerprint density at radius 1 is 1.38 bits per heavy atom. The first-order valence-corrected chi connectivity index (χ1v) is 7.39. The predicted octanol–water partition coefficient (Wildman–Crippen LogP) is 2.49. The minimum absolute atomic E-state index is 0.0500. The molecule has 3 N–H and O–H groups in total. The monoisotopic (exact) mass is 292 g/mol. The van der Waals surface area contributed by atoms with Gasteiger partial charge in [0.1, 0.15) is 6.61 Å². The van der Waals surface area contributed by atoms with Crippen molar-refractivity contribution in [1.82, 2.24) is 0 Å². The van der Waals surface area contributed by atoms with Gasteiger partial charge in [0, 0.05) is 7.11 Å². The Bertz CT molecular complexity index is 490. The first-order valence-electron chi connectivity index (χ1n) is 7.39. The molecular weight excluding hydrogens is 268 g/mol. The second-order valence-electron chi connectivity index (χ2n) is 5.60. The summed E-state index contributed by atoms with van der Waals surface area (Å²) in [5.74, 6) is -0.176. The Hall–Kier alpha value is -1.59.